The van der Waals surface area contributed by atoms with Crippen LogP contribution in [0.3, 0.4) is 0 Å². The fourth-order valence-electron chi connectivity index (χ4n) is 2.52. The Labute approximate surface area is 118 Å². The summed E-state index contributed by atoms with van der Waals surface area (Å²) in [7, 11) is -0.741. The van der Waals surface area contributed by atoms with Crippen molar-refractivity contribution in [2.45, 2.75) is 20.8 Å². The molecule has 0 unspecified atom stereocenters. The summed E-state index contributed by atoms with van der Waals surface area (Å²) in [6, 6.07) is 5.65. The molecule has 2 aromatic rings. The third-order valence-electron chi connectivity index (χ3n) is 3.40. The molecule has 0 bridgehead atoms. The van der Waals surface area contributed by atoms with Crippen molar-refractivity contribution < 1.29 is 18.4 Å². The molecule has 20 heavy (non-hydrogen) atoms. The number of aromatic nitrogens is 1. The van der Waals surface area contributed by atoms with Crippen LogP contribution in [0.2, 0.25) is 0 Å². The lowest BCUT2D eigenvalue weighted by molar-refractivity contribution is 0.0940. The molecule has 1 aromatic heterocycles. The van der Waals surface area contributed by atoms with Crippen LogP contribution in [0.25, 0.3) is 10.9 Å². The van der Waals surface area contributed by atoms with E-state index in [1.807, 2.05) is 25.1 Å². The molecule has 0 saturated carbocycles. The van der Waals surface area contributed by atoms with E-state index >= 15 is 0 Å². The van der Waals surface area contributed by atoms with Crippen LogP contribution in [-0.4, -0.2) is 24.7 Å². The number of carbonyl (C=O) groups is 1. The Morgan fingerprint density at radius 3 is 2.30 bits per heavy atom. The highest BCUT2D eigenvalue weighted by molar-refractivity contribution is 7.62. The molecule has 0 saturated heterocycles. The Bertz CT molecular complexity index is 724. The van der Waals surface area contributed by atoms with Crippen LogP contribution in [-0.2, 0) is 13.6 Å². The second kappa shape index (κ2) is 5.17. The van der Waals surface area contributed by atoms with Crippen LogP contribution < -0.4 is 5.30 Å². The monoisotopic (exact) mass is 295 g/mol. The molecule has 0 fully saturated rings. The van der Waals surface area contributed by atoms with Crippen molar-refractivity contribution in [3.05, 3.63) is 29.5 Å². The molecule has 0 amide bonds. The van der Waals surface area contributed by atoms with Gasteiger partial charge in [-0.25, -0.2) is 0 Å². The van der Waals surface area contributed by atoms with Crippen molar-refractivity contribution in [3.63, 3.8) is 0 Å². The van der Waals surface area contributed by atoms with Crippen LogP contribution in [0, 0.1) is 13.8 Å². The zero-order valence-electron chi connectivity index (χ0n) is 12.3. The van der Waals surface area contributed by atoms with Crippen LogP contribution in [0.15, 0.2) is 18.2 Å². The number of nitrogens with zero attached hydrogens (tertiary/aromatic N) is 1. The first-order valence-electron chi connectivity index (χ1n) is 6.20. The molecule has 108 valence electrons. The van der Waals surface area contributed by atoms with Crippen molar-refractivity contribution in [1.29, 1.82) is 0 Å². The van der Waals surface area contributed by atoms with Crippen molar-refractivity contribution in [2.75, 3.05) is 14.2 Å². The summed E-state index contributed by atoms with van der Waals surface area (Å²) >= 11 is 0. The highest BCUT2D eigenvalue weighted by Gasteiger charge is 2.33. The van der Waals surface area contributed by atoms with Crippen molar-refractivity contribution in [1.82, 2.24) is 4.57 Å². The molecule has 0 radical (unpaired) electrons. The Morgan fingerprint density at radius 2 is 1.80 bits per heavy atom. The minimum absolute atomic E-state index is 0.138. The van der Waals surface area contributed by atoms with E-state index in [1.54, 1.807) is 6.92 Å². The molecule has 1 aromatic carbocycles. The fraction of sp³-hybridized carbons (Fsp3) is 0.357. The minimum atomic E-state index is -3.43. The molecule has 0 aliphatic carbocycles. The van der Waals surface area contributed by atoms with Gasteiger partial charge >= 0.3 is 7.60 Å². The van der Waals surface area contributed by atoms with Gasteiger partial charge in [0.25, 0.3) is 0 Å². The van der Waals surface area contributed by atoms with Gasteiger partial charge in [0.15, 0.2) is 0 Å². The molecule has 0 aliphatic rings. The maximum absolute atomic E-state index is 12.8. The Morgan fingerprint density at radius 1 is 1.20 bits per heavy atom. The van der Waals surface area contributed by atoms with E-state index in [0.717, 1.165) is 10.9 Å². The predicted octanol–water partition coefficient (Wildman–Crippen LogP) is 3.03. The summed E-state index contributed by atoms with van der Waals surface area (Å²) in [4.78, 5) is 11.9. The number of hydrogen-bond donors (Lipinski definition) is 0. The maximum Gasteiger partial charge on any atom is 0.363 e. The molecule has 0 N–H and O–H groups in total. The van der Waals surface area contributed by atoms with E-state index < -0.39 is 7.60 Å². The Kier molecular flexibility index (Phi) is 3.87. The SMILES string of the molecule is COP(=O)(OC)c1c(C)n(C(C)=O)c2ccc(C)cc12. The summed E-state index contributed by atoms with van der Waals surface area (Å²) in [5, 5.41) is 1.18. The van der Waals surface area contributed by atoms with Gasteiger partial charge in [-0.15, -0.1) is 0 Å². The summed E-state index contributed by atoms with van der Waals surface area (Å²) in [6.45, 7) is 5.16. The number of carbonyl (C=O) groups excluding carboxylic acids is 1. The first kappa shape index (κ1) is 15.0. The maximum atomic E-state index is 12.8. The van der Waals surface area contributed by atoms with E-state index in [4.69, 9.17) is 9.05 Å². The van der Waals surface area contributed by atoms with Crippen LogP contribution in [0.4, 0.5) is 0 Å². The molecule has 6 heteroatoms. The number of aryl methyl sites for hydroxylation is 1. The zero-order chi connectivity index (χ0) is 15.1. The highest BCUT2D eigenvalue weighted by atomic mass is 31.2. The average Bonchev–Trinajstić information content (AvgIpc) is 2.69. The zero-order valence-corrected chi connectivity index (χ0v) is 13.2. The van der Waals surface area contributed by atoms with Gasteiger partial charge in [0.05, 0.1) is 10.8 Å². The topological polar surface area (TPSA) is 57.5 Å². The number of benzene rings is 1. The Balaban J connectivity index is 2.97. The quantitative estimate of drug-likeness (QED) is 0.817. The second-order valence-electron chi connectivity index (χ2n) is 4.67. The van der Waals surface area contributed by atoms with Crippen molar-refractivity contribution >= 4 is 29.7 Å². The summed E-state index contributed by atoms with van der Waals surface area (Å²) < 4.78 is 24.5. The minimum Gasteiger partial charge on any atom is -0.309 e. The lowest BCUT2D eigenvalue weighted by Gasteiger charge is -2.14. The van der Waals surface area contributed by atoms with E-state index in [1.165, 1.54) is 25.7 Å². The van der Waals surface area contributed by atoms with Gasteiger partial charge in [-0.2, -0.15) is 0 Å². The fourth-order valence-corrected chi connectivity index (χ4v) is 4.01. The van der Waals surface area contributed by atoms with E-state index in [9.17, 15) is 9.36 Å². The first-order chi connectivity index (χ1) is 9.35. The lowest BCUT2D eigenvalue weighted by atomic mass is 10.2. The summed E-state index contributed by atoms with van der Waals surface area (Å²) in [6.07, 6.45) is 0. The van der Waals surface area contributed by atoms with Crippen molar-refractivity contribution in [2.24, 2.45) is 0 Å². The Hall–Kier alpha value is -1.42. The van der Waals surface area contributed by atoms with Gasteiger partial charge in [-0.05, 0) is 26.0 Å². The predicted molar refractivity (Wildman–Crippen MR) is 79.0 cm³/mol. The second-order valence-corrected chi connectivity index (χ2v) is 6.84. The molecular weight excluding hydrogens is 277 g/mol. The smallest absolute Gasteiger partial charge is 0.309 e. The molecule has 2 rings (SSSR count). The summed E-state index contributed by atoms with van der Waals surface area (Å²) in [5.74, 6) is -0.138. The lowest BCUT2D eigenvalue weighted by Crippen LogP contribution is -2.14. The van der Waals surface area contributed by atoms with E-state index in [-0.39, 0.29) is 5.91 Å². The number of rotatable bonds is 3. The van der Waals surface area contributed by atoms with Crippen LogP contribution in [0.1, 0.15) is 23.0 Å². The molecule has 0 atom stereocenters. The first-order valence-corrected chi connectivity index (χ1v) is 7.74. The molecule has 0 aliphatic heterocycles. The summed E-state index contributed by atoms with van der Waals surface area (Å²) in [5.41, 5.74) is 2.31. The molecule has 5 nitrogen and oxygen atoms in total. The van der Waals surface area contributed by atoms with E-state index in [0.29, 0.717) is 16.5 Å². The molecular formula is C14H18NO4P. The van der Waals surface area contributed by atoms with Gasteiger partial charge in [0, 0.05) is 32.2 Å². The molecule has 1 heterocycles. The largest absolute Gasteiger partial charge is 0.363 e. The standard InChI is InChI=1S/C14H18NO4P/c1-9-6-7-13-12(8-9)14(20(17,18-4)19-5)10(2)15(13)11(3)16/h6-8H,1-5H3. The van der Waals surface area contributed by atoms with Crippen LogP contribution >= 0.6 is 7.60 Å². The number of hydrogen-bond acceptors (Lipinski definition) is 4. The van der Waals surface area contributed by atoms with E-state index in [2.05, 4.69) is 0 Å². The van der Waals surface area contributed by atoms with Crippen molar-refractivity contribution in [3.8, 4) is 0 Å². The molecule has 0 spiro atoms. The third-order valence-corrected chi connectivity index (χ3v) is 5.47. The van der Waals surface area contributed by atoms with Gasteiger partial charge in [-0.1, -0.05) is 11.6 Å². The van der Waals surface area contributed by atoms with Gasteiger partial charge in [0.1, 0.15) is 0 Å². The van der Waals surface area contributed by atoms with Gasteiger partial charge < -0.3 is 9.05 Å². The highest BCUT2D eigenvalue weighted by Crippen LogP contribution is 2.48. The van der Waals surface area contributed by atoms with Crippen LogP contribution in [0.5, 0.6) is 0 Å². The van der Waals surface area contributed by atoms with Gasteiger partial charge in [0.2, 0.25) is 5.91 Å². The van der Waals surface area contributed by atoms with Gasteiger partial charge in [-0.3, -0.25) is 13.9 Å². The average molecular weight is 295 g/mol. The number of fused-ring (bicyclic) bond motifs is 1. The normalized spacial score (nSPS) is 12.1. The third kappa shape index (κ3) is 2.12.